The first kappa shape index (κ1) is 9.40. The van der Waals surface area contributed by atoms with Gasteiger partial charge in [0.1, 0.15) is 6.10 Å². The van der Waals surface area contributed by atoms with Gasteiger partial charge in [-0.2, -0.15) is 5.10 Å². The third kappa shape index (κ3) is 2.42. The summed E-state index contributed by atoms with van der Waals surface area (Å²) in [4.78, 5) is 0. The molecule has 0 saturated carbocycles. The zero-order valence-corrected chi connectivity index (χ0v) is 8.27. The second-order valence-corrected chi connectivity index (χ2v) is 3.44. The highest BCUT2D eigenvalue weighted by Gasteiger charge is 2.15. The molecular formula is C10H14N2O2. The van der Waals surface area contributed by atoms with Crippen molar-refractivity contribution in [3.63, 3.8) is 0 Å². The molecule has 2 rings (SSSR count). The van der Waals surface area contributed by atoms with E-state index in [-0.39, 0.29) is 6.10 Å². The predicted molar refractivity (Wildman–Crippen MR) is 51.2 cm³/mol. The van der Waals surface area contributed by atoms with Crippen LogP contribution in [0, 0.1) is 6.92 Å². The normalized spacial score (nSPS) is 18.1. The minimum Gasteiger partial charge on any atom is -0.473 e. The SMILES string of the molecule is Cc1ccc(OC2CCOCC2)nn1. The molecule has 0 spiro atoms. The highest BCUT2D eigenvalue weighted by Crippen LogP contribution is 2.14. The summed E-state index contributed by atoms with van der Waals surface area (Å²) in [5.74, 6) is 0.613. The largest absolute Gasteiger partial charge is 0.473 e. The van der Waals surface area contributed by atoms with Gasteiger partial charge in [-0.15, -0.1) is 5.10 Å². The summed E-state index contributed by atoms with van der Waals surface area (Å²) in [6.07, 6.45) is 2.12. The van der Waals surface area contributed by atoms with Crippen molar-refractivity contribution < 1.29 is 9.47 Å². The molecule has 1 saturated heterocycles. The molecule has 4 heteroatoms. The third-order valence-electron chi connectivity index (χ3n) is 2.23. The molecule has 14 heavy (non-hydrogen) atoms. The second-order valence-electron chi connectivity index (χ2n) is 3.44. The van der Waals surface area contributed by atoms with Crippen molar-refractivity contribution in [1.82, 2.24) is 10.2 Å². The van der Waals surface area contributed by atoms with Crippen LogP contribution in [0.1, 0.15) is 18.5 Å². The Hall–Kier alpha value is -1.16. The minimum absolute atomic E-state index is 0.237. The molecule has 0 bridgehead atoms. The van der Waals surface area contributed by atoms with E-state index in [9.17, 15) is 0 Å². The monoisotopic (exact) mass is 194 g/mol. The van der Waals surface area contributed by atoms with Crippen molar-refractivity contribution in [2.24, 2.45) is 0 Å². The highest BCUT2D eigenvalue weighted by molar-refractivity contribution is 5.10. The van der Waals surface area contributed by atoms with E-state index in [1.807, 2.05) is 19.1 Å². The van der Waals surface area contributed by atoms with Crippen molar-refractivity contribution in [3.8, 4) is 5.88 Å². The first-order chi connectivity index (χ1) is 6.84. The summed E-state index contributed by atoms with van der Waals surface area (Å²) in [6, 6.07) is 3.76. The molecule has 0 atom stereocenters. The molecular weight excluding hydrogens is 180 g/mol. The van der Waals surface area contributed by atoms with Crippen molar-refractivity contribution in [2.75, 3.05) is 13.2 Å². The van der Waals surface area contributed by atoms with Gasteiger partial charge in [-0.3, -0.25) is 0 Å². The Bertz CT molecular complexity index is 281. The van der Waals surface area contributed by atoms with Crippen LogP contribution in [0.3, 0.4) is 0 Å². The van der Waals surface area contributed by atoms with Gasteiger partial charge in [0.05, 0.1) is 18.9 Å². The number of aromatic nitrogens is 2. The van der Waals surface area contributed by atoms with E-state index in [1.165, 1.54) is 0 Å². The Morgan fingerprint density at radius 1 is 1.29 bits per heavy atom. The topological polar surface area (TPSA) is 44.2 Å². The molecule has 1 aliphatic rings. The zero-order valence-electron chi connectivity index (χ0n) is 8.27. The van der Waals surface area contributed by atoms with Crippen LogP contribution >= 0.6 is 0 Å². The molecule has 1 aromatic heterocycles. The van der Waals surface area contributed by atoms with Crippen molar-refractivity contribution in [3.05, 3.63) is 17.8 Å². The molecule has 1 aliphatic heterocycles. The summed E-state index contributed by atoms with van der Waals surface area (Å²) in [6.45, 7) is 3.47. The number of hydrogen-bond acceptors (Lipinski definition) is 4. The maximum Gasteiger partial charge on any atom is 0.233 e. The van der Waals surface area contributed by atoms with E-state index >= 15 is 0 Å². The summed E-state index contributed by atoms with van der Waals surface area (Å²) in [5.41, 5.74) is 0.907. The van der Waals surface area contributed by atoms with Crippen LogP contribution in [-0.2, 0) is 4.74 Å². The molecule has 0 N–H and O–H groups in total. The molecule has 0 radical (unpaired) electrons. The lowest BCUT2D eigenvalue weighted by Gasteiger charge is -2.22. The fourth-order valence-electron chi connectivity index (χ4n) is 1.41. The lowest BCUT2D eigenvalue weighted by Crippen LogP contribution is -2.26. The third-order valence-corrected chi connectivity index (χ3v) is 2.23. The minimum atomic E-state index is 0.237. The van der Waals surface area contributed by atoms with Gasteiger partial charge in [0.2, 0.25) is 5.88 Å². The van der Waals surface area contributed by atoms with Gasteiger partial charge in [0.25, 0.3) is 0 Å². The van der Waals surface area contributed by atoms with Gasteiger partial charge in [-0.1, -0.05) is 0 Å². The average Bonchev–Trinajstić information content (AvgIpc) is 2.23. The van der Waals surface area contributed by atoms with E-state index in [0.29, 0.717) is 5.88 Å². The van der Waals surface area contributed by atoms with Gasteiger partial charge in [-0.05, 0) is 13.0 Å². The molecule has 1 aromatic rings. The van der Waals surface area contributed by atoms with Crippen LogP contribution < -0.4 is 4.74 Å². The Kier molecular flexibility index (Phi) is 2.93. The standard InChI is InChI=1S/C10H14N2O2/c1-8-2-3-10(12-11-8)14-9-4-6-13-7-5-9/h2-3,9H,4-7H2,1H3. The van der Waals surface area contributed by atoms with Crippen molar-refractivity contribution >= 4 is 0 Å². The molecule has 0 amide bonds. The number of nitrogens with zero attached hydrogens (tertiary/aromatic N) is 2. The maximum atomic E-state index is 5.66. The van der Waals surface area contributed by atoms with Gasteiger partial charge >= 0.3 is 0 Å². The van der Waals surface area contributed by atoms with E-state index in [1.54, 1.807) is 0 Å². The fraction of sp³-hybridized carbons (Fsp3) is 0.600. The molecule has 4 nitrogen and oxygen atoms in total. The quantitative estimate of drug-likeness (QED) is 0.712. The van der Waals surface area contributed by atoms with Crippen LogP contribution in [0.2, 0.25) is 0 Å². The first-order valence-electron chi connectivity index (χ1n) is 4.89. The fourth-order valence-corrected chi connectivity index (χ4v) is 1.41. The molecule has 76 valence electrons. The average molecular weight is 194 g/mol. The van der Waals surface area contributed by atoms with Gasteiger partial charge in [0, 0.05) is 18.9 Å². The van der Waals surface area contributed by atoms with E-state index < -0.39 is 0 Å². The van der Waals surface area contributed by atoms with Crippen molar-refractivity contribution in [1.29, 1.82) is 0 Å². The molecule has 0 aliphatic carbocycles. The van der Waals surface area contributed by atoms with Gasteiger partial charge in [0.15, 0.2) is 0 Å². The van der Waals surface area contributed by atoms with Crippen LogP contribution in [0.5, 0.6) is 5.88 Å². The maximum absolute atomic E-state index is 5.66. The Labute approximate surface area is 83.3 Å². The van der Waals surface area contributed by atoms with Crippen LogP contribution in [-0.4, -0.2) is 29.5 Å². The Balaban J connectivity index is 1.92. The van der Waals surface area contributed by atoms with E-state index in [4.69, 9.17) is 9.47 Å². The van der Waals surface area contributed by atoms with E-state index in [2.05, 4.69) is 10.2 Å². The van der Waals surface area contributed by atoms with Crippen LogP contribution in [0.25, 0.3) is 0 Å². The summed E-state index contributed by atoms with van der Waals surface area (Å²) < 4.78 is 10.9. The van der Waals surface area contributed by atoms with E-state index in [0.717, 1.165) is 31.7 Å². The van der Waals surface area contributed by atoms with Gasteiger partial charge in [-0.25, -0.2) is 0 Å². The number of ether oxygens (including phenoxy) is 2. The predicted octanol–water partition coefficient (Wildman–Crippen LogP) is 1.34. The summed E-state index contributed by atoms with van der Waals surface area (Å²) in [5, 5.41) is 7.90. The number of hydrogen-bond donors (Lipinski definition) is 0. The summed E-state index contributed by atoms with van der Waals surface area (Å²) >= 11 is 0. The van der Waals surface area contributed by atoms with Gasteiger partial charge < -0.3 is 9.47 Å². The summed E-state index contributed by atoms with van der Waals surface area (Å²) in [7, 11) is 0. The van der Waals surface area contributed by atoms with Crippen LogP contribution in [0.4, 0.5) is 0 Å². The zero-order chi connectivity index (χ0) is 9.80. The number of rotatable bonds is 2. The second kappa shape index (κ2) is 4.37. The van der Waals surface area contributed by atoms with Crippen molar-refractivity contribution in [2.45, 2.75) is 25.9 Å². The van der Waals surface area contributed by atoms with Crippen LogP contribution in [0.15, 0.2) is 12.1 Å². The molecule has 2 heterocycles. The number of aryl methyl sites for hydroxylation is 1. The molecule has 0 unspecified atom stereocenters. The lowest BCUT2D eigenvalue weighted by molar-refractivity contribution is 0.0233. The smallest absolute Gasteiger partial charge is 0.233 e. The first-order valence-corrected chi connectivity index (χ1v) is 4.89. The Morgan fingerprint density at radius 3 is 2.71 bits per heavy atom. The Morgan fingerprint density at radius 2 is 2.07 bits per heavy atom. The lowest BCUT2D eigenvalue weighted by atomic mass is 10.2. The molecule has 1 fully saturated rings. The molecule has 0 aromatic carbocycles. The highest BCUT2D eigenvalue weighted by atomic mass is 16.5.